The largest absolute Gasteiger partial charge is 0.496 e. The van der Waals surface area contributed by atoms with Crippen LogP contribution in [0.5, 0.6) is 5.75 Å². The Morgan fingerprint density at radius 1 is 1.26 bits per heavy atom. The minimum Gasteiger partial charge on any atom is -0.496 e. The summed E-state index contributed by atoms with van der Waals surface area (Å²) in [5, 5.41) is 9.32. The van der Waals surface area contributed by atoms with Crippen LogP contribution >= 0.6 is 0 Å². The highest BCUT2D eigenvalue weighted by molar-refractivity contribution is 7.89. The first kappa shape index (κ1) is 16.3. The van der Waals surface area contributed by atoms with Gasteiger partial charge in [-0.1, -0.05) is 0 Å². The van der Waals surface area contributed by atoms with Gasteiger partial charge in [0.15, 0.2) is 0 Å². The number of fused-ring (bicyclic) bond motifs is 2. The molecule has 1 aromatic rings. The monoisotopic (exact) mass is 339 g/mol. The van der Waals surface area contributed by atoms with E-state index in [9.17, 15) is 18.3 Å². The predicted octanol–water partition coefficient (Wildman–Crippen LogP) is 1.94. The molecule has 3 atom stereocenters. The lowest BCUT2D eigenvalue weighted by Crippen LogP contribution is -2.38. The van der Waals surface area contributed by atoms with Crippen LogP contribution in [0.1, 0.15) is 30.4 Å². The fourth-order valence-electron chi connectivity index (χ4n) is 3.96. The summed E-state index contributed by atoms with van der Waals surface area (Å²) >= 11 is 0. The maximum atomic E-state index is 13.1. The van der Waals surface area contributed by atoms with Crippen LogP contribution < -0.4 is 4.74 Å². The lowest BCUT2D eigenvalue weighted by atomic mass is 9.89. The Labute approximate surface area is 136 Å². The van der Waals surface area contributed by atoms with Gasteiger partial charge in [0.2, 0.25) is 10.0 Å². The zero-order valence-corrected chi connectivity index (χ0v) is 14.3. The number of nitrogens with zero attached hydrogens (tertiary/aromatic N) is 1. The molecule has 2 fully saturated rings. The first-order chi connectivity index (χ1) is 10.8. The molecule has 1 N–H and O–H groups in total. The van der Waals surface area contributed by atoms with E-state index in [1.807, 2.05) is 6.92 Å². The van der Waals surface area contributed by atoms with Gasteiger partial charge in [0.05, 0.1) is 17.9 Å². The van der Waals surface area contributed by atoms with Crippen LogP contribution in [0.3, 0.4) is 0 Å². The van der Waals surface area contributed by atoms with E-state index in [1.165, 1.54) is 4.31 Å². The number of aliphatic carboxylic acids is 1. The molecule has 7 heteroatoms. The molecule has 2 bridgehead atoms. The van der Waals surface area contributed by atoms with Gasteiger partial charge in [0.25, 0.3) is 0 Å². The van der Waals surface area contributed by atoms with E-state index < -0.39 is 28.0 Å². The van der Waals surface area contributed by atoms with Crippen molar-refractivity contribution in [2.75, 3.05) is 7.11 Å². The van der Waals surface area contributed by atoms with Crippen molar-refractivity contribution >= 4 is 16.0 Å². The molecule has 2 aliphatic rings. The van der Waals surface area contributed by atoms with Gasteiger partial charge < -0.3 is 9.84 Å². The molecule has 0 aliphatic carbocycles. The highest BCUT2D eigenvalue weighted by Gasteiger charge is 2.54. The number of rotatable bonds is 4. The molecule has 126 valence electrons. The summed E-state index contributed by atoms with van der Waals surface area (Å²) in [4.78, 5) is 11.6. The van der Waals surface area contributed by atoms with Crippen molar-refractivity contribution in [3.05, 3.63) is 23.3 Å². The number of carboxylic acids is 1. The normalized spacial score (nSPS) is 27.3. The average molecular weight is 339 g/mol. The van der Waals surface area contributed by atoms with Gasteiger partial charge in [0, 0.05) is 12.1 Å². The minimum absolute atomic E-state index is 0.201. The van der Waals surface area contributed by atoms with Gasteiger partial charge in [-0.15, -0.1) is 0 Å². The van der Waals surface area contributed by atoms with E-state index >= 15 is 0 Å². The van der Waals surface area contributed by atoms with Crippen molar-refractivity contribution in [2.45, 2.75) is 50.1 Å². The summed E-state index contributed by atoms with van der Waals surface area (Å²) in [6, 6.07) is 2.59. The van der Waals surface area contributed by atoms with Gasteiger partial charge in [-0.05, 0) is 56.4 Å². The van der Waals surface area contributed by atoms with Gasteiger partial charge in [-0.25, -0.2) is 8.42 Å². The topological polar surface area (TPSA) is 83.9 Å². The molecule has 0 radical (unpaired) electrons. The van der Waals surface area contributed by atoms with Crippen LogP contribution in [0.4, 0.5) is 0 Å². The Morgan fingerprint density at radius 3 is 2.52 bits per heavy atom. The zero-order chi connectivity index (χ0) is 16.9. The highest BCUT2D eigenvalue weighted by atomic mass is 32.2. The second-order valence-electron chi connectivity index (χ2n) is 6.33. The predicted molar refractivity (Wildman–Crippen MR) is 84.0 cm³/mol. The first-order valence-electron chi connectivity index (χ1n) is 7.69. The molecule has 2 aliphatic heterocycles. The second-order valence-corrected chi connectivity index (χ2v) is 8.14. The number of carbonyl (C=O) groups is 1. The van der Waals surface area contributed by atoms with Crippen molar-refractivity contribution < 1.29 is 23.1 Å². The number of methoxy groups -OCH3 is 1. The van der Waals surface area contributed by atoms with Gasteiger partial charge in [-0.2, -0.15) is 4.31 Å². The summed E-state index contributed by atoms with van der Waals surface area (Å²) in [5.41, 5.74) is 1.44. The molecule has 0 spiro atoms. The van der Waals surface area contributed by atoms with E-state index in [0.717, 1.165) is 12.0 Å². The molecule has 0 saturated carbocycles. The van der Waals surface area contributed by atoms with Crippen LogP contribution in [0.15, 0.2) is 17.0 Å². The minimum atomic E-state index is -3.70. The van der Waals surface area contributed by atoms with Crippen molar-refractivity contribution in [2.24, 2.45) is 5.92 Å². The lowest BCUT2D eigenvalue weighted by molar-refractivity contribution is -0.142. The first-order valence-corrected chi connectivity index (χ1v) is 9.13. The number of ether oxygens (including phenoxy) is 1. The molecule has 3 unspecified atom stereocenters. The van der Waals surface area contributed by atoms with E-state index in [4.69, 9.17) is 4.74 Å². The van der Waals surface area contributed by atoms with E-state index in [1.54, 1.807) is 26.2 Å². The highest BCUT2D eigenvalue weighted by Crippen LogP contribution is 2.45. The molecule has 6 nitrogen and oxygen atoms in total. The number of carboxylic acid groups (broad SMARTS) is 1. The molecule has 0 aromatic heterocycles. The number of hydrogen-bond donors (Lipinski definition) is 1. The lowest BCUT2D eigenvalue weighted by Gasteiger charge is -2.24. The Kier molecular flexibility index (Phi) is 3.88. The Morgan fingerprint density at radius 2 is 1.96 bits per heavy atom. The van der Waals surface area contributed by atoms with Gasteiger partial charge >= 0.3 is 5.97 Å². The third-order valence-electron chi connectivity index (χ3n) is 5.25. The van der Waals surface area contributed by atoms with E-state index in [0.29, 0.717) is 24.2 Å². The third-order valence-corrected chi connectivity index (χ3v) is 7.38. The van der Waals surface area contributed by atoms with Crippen molar-refractivity contribution in [3.63, 3.8) is 0 Å². The van der Waals surface area contributed by atoms with Crippen molar-refractivity contribution in [1.29, 1.82) is 0 Å². The molecule has 2 heterocycles. The van der Waals surface area contributed by atoms with Crippen molar-refractivity contribution in [1.82, 2.24) is 4.31 Å². The zero-order valence-electron chi connectivity index (χ0n) is 13.4. The maximum Gasteiger partial charge on any atom is 0.308 e. The van der Waals surface area contributed by atoms with Crippen LogP contribution in [-0.2, 0) is 14.8 Å². The van der Waals surface area contributed by atoms with Crippen LogP contribution in [0.25, 0.3) is 0 Å². The SMILES string of the molecule is COc1ccc(S(=O)(=O)N2C3CCC2C(C(=O)O)C3)c(C)c1C. The summed E-state index contributed by atoms with van der Waals surface area (Å²) in [5.74, 6) is -0.850. The summed E-state index contributed by atoms with van der Waals surface area (Å²) in [6.45, 7) is 3.59. The third kappa shape index (κ3) is 2.33. The fourth-order valence-corrected chi connectivity index (χ4v) is 6.16. The van der Waals surface area contributed by atoms with Crippen LogP contribution in [0.2, 0.25) is 0 Å². The number of sulfonamides is 1. The van der Waals surface area contributed by atoms with Gasteiger partial charge in [0.1, 0.15) is 5.75 Å². The van der Waals surface area contributed by atoms with Crippen LogP contribution in [-0.4, -0.2) is 43.0 Å². The fraction of sp³-hybridized carbons (Fsp3) is 0.562. The molecule has 2 saturated heterocycles. The molecule has 23 heavy (non-hydrogen) atoms. The quantitative estimate of drug-likeness (QED) is 0.906. The van der Waals surface area contributed by atoms with E-state index in [-0.39, 0.29) is 10.9 Å². The standard InChI is InChI=1S/C16H21NO5S/c1-9-10(2)15(7-6-14(9)22-3)23(20,21)17-11-4-5-13(17)12(8-11)16(18)19/h6-7,11-13H,4-5,8H2,1-3H3,(H,18,19). The van der Waals surface area contributed by atoms with Crippen molar-refractivity contribution in [3.8, 4) is 5.75 Å². The summed E-state index contributed by atoms with van der Waals surface area (Å²) in [6.07, 6.45) is 1.77. The van der Waals surface area contributed by atoms with Crippen LogP contribution in [0, 0.1) is 19.8 Å². The second kappa shape index (κ2) is 5.49. The van der Waals surface area contributed by atoms with E-state index in [2.05, 4.69) is 0 Å². The molecule has 0 amide bonds. The Hall–Kier alpha value is -1.60. The Balaban J connectivity index is 2.04. The molecule has 1 aromatic carbocycles. The summed E-state index contributed by atoms with van der Waals surface area (Å²) in [7, 11) is -2.16. The van der Waals surface area contributed by atoms with Gasteiger partial charge in [-0.3, -0.25) is 4.79 Å². The molecular formula is C16H21NO5S. The average Bonchev–Trinajstić information content (AvgIpc) is 3.08. The molecule has 3 rings (SSSR count). The smallest absolute Gasteiger partial charge is 0.308 e. The molecular weight excluding hydrogens is 318 g/mol. The number of benzene rings is 1. The summed E-state index contributed by atoms with van der Waals surface area (Å²) < 4.78 is 32.9. The Bertz CT molecular complexity index is 758. The maximum absolute atomic E-state index is 13.1. The number of hydrogen-bond acceptors (Lipinski definition) is 4.